The fourth-order valence-electron chi connectivity index (χ4n) is 1.77. The van der Waals surface area contributed by atoms with Crippen molar-refractivity contribution in [3.05, 3.63) is 24.3 Å². The second kappa shape index (κ2) is 5.81. The predicted molar refractivity (Wildman–Crippen MR) is 68.1 cm³/mol. The summed E-state index contributed by atoms with van der Waals surface area (Å²) in [5.74, 6) is 0.727. The van der Waals surface area contributed by atoms with Crippen molar-refractivity contribution in [2.45, 2.75) is 6.10 Å². The summed E-state index contributed by atoms with van der Waals surface area (Å²) in [5, 5.41) is 0.832. The summed E-state index contributed by atoms with van der Waals surface area (Å²) in [6, 6.07) is 7.61. The van der Waals surface area contributed by atoms with Gasteiger partial charge in [0.1, 0.15) is 18.5 Å². The zero-order chi connectivity index (χ0) is 13.0. The molecule has 1 unspecified atom stereocenters. The molecule has 1 atom stereocenters. The van der Waals surface area contributed by atoms with Crippen LogP contribution in [-0.2, 0) is 18.0 Å². The van der Waals surface area contributed by atoms with Crippen LogP contribution in [0.5, 0.6) is 5.75 Å². The van der Waals surface area contributed by atoms with E-state index in [9.17, 15) is 0 Å². The molecule has 2 rings (SSSR count). The van der Waals surface area contributed by atoms with Crippen LogP contribution in [0.15, 0.2) is 24.3 Å². The minimum absolute atomic E-state index is 0.210. The van der Waals surface area contributed by atoms with Crippen LogP contribution >= 0.6 is 0 Å². The van der Waals surface area contributed by atoms with Gasteiger partial charge in [0.15, 0.2) is 0 Å². The molecule has 5 nitrogen and oxygen atoms in total. The number of rotatable bonds is 7. The molecule has 1 aromatic carbocycles. The van der Waals surface area contributed by atoms with Crippen molar-refractivity contribution in [1.82, 2.24) is 0 Å². The molecule has 18 heavy (non-hydrogen) atoms. The first kappa shape index (κ1) is 13.5. The van der Waals surface area contributed by atoms with Gasteiger partial charge in [0.05, 0.1) is 11.8 Å². The summed E-state index contributed by atoms with van der Waals surface area (Å²) < 4.78 is 27.3. The van der Waals surface area contributed by atoms with Gasteiger partial charge in [-0.3, -0.25) is 0 Å². The molecular formula is C12H18O5Si. The SMILES string of the molecule is CO[Si](OC)(OC)c1ccccc1OCC1CO1. The Hall–Kier alpha value is -0.923. The average molecular weight is 270 g/mol. The van der Waals surface area contributed by atoms with Crippen LogP contribution in [0.1, 0.15) is 0 Å². The van der Waals surface area contributed by atoms with Crippen molar-refractivity contribution in [1.29, 1.82) is 0 Å². The Kier molecular flexibility index (Phi) is 4.36. The summed E-state index contributed by atoms with van der Waals surface area (Å²) >= 11 is 0. The summed E-state index contributed by atoms with van der Waals surface area (Å²) in [7, 11) is 1.89. The number of hydrogen-bond donors (Lipinski definition) is 0. The molecule has 0 spiro atoms. The molecule has 0 aromatic heterocycles. The third kappa shape index (κ3) is 2.73. The van der Waals surface area contributed by atoms with Crippen molar-refractivity contribution >= 4 is 14.0 Å². The van der Waals surface area contributed by atoms with E-state index in [0.717, 1.165) is 17.5 Å². The van der Waals surface area contributed by atoms with Gasteiger partial charge >= 0.3 is 8.80 Å². The number of benzene rings is 1. The van der Waals surface area contributed by atoms with Crippen LogP contribution in [-0.4, -0.2) is 49.5 Å². The summed E-state index contributed by atoms with van der Waals surface area (Å²) in [4.78, 5) is 0. The van der Waals surface area contributed by atoms with Crippen LogP contribution in [0, 0.1) is 0 Å². The topological polar surface area (TPSA) is 49.5 Å². The summed E-state index contributed by atoms with van der Waals surface area (Å²) in [6.07, 6.45) is 0.210. The lowest BCUT2D eigenvalue weighted by Gasteiger charge is -2.26. The van der Waals surface area contributed by atoms with Gasteiger partial charge in [-0.2, -0.15) is 0 Å². The first-order valence-electron chi connectivity index (χ1n) is 5.75. The molecule has 1 aromatic rings. The standard InChI is InChI=1S/C12H18O5Si/c1-13-18(14-2,15-3)12-7-5-4-6-11(12)17-9-10-8-16-10/h4-7,10H,8-9H2,1-3H3. The Morgan fingerprint density at radius 3 is 2.33 bits per heavy atom. The predicted octanol–water partition coefficient (Wildman–Crippen LogP) is 0.549. The third-order valence-corrected chi connectivity index (χ3v) is 5.54. The van der Waals surface area contributed by atoms with Gasteiger partial charge in [-0.25, -0.2) is 0 Å². The van der Waals surface area contributed by atoms with Crippen molar-refractivity contribution in [3.8, 4) is 5.75 Å². The molecule has 1 aliphatic rings. The lowest BCUT2D eigenvalue weighted by Crippen LogP contribution is -2.55. The van der Waals surface area contributed by atoms with Crippen molar-refractivity contribution in [2.75, 3.05) is 34.5 Å². The maximum atomic E-state index is 5.74. The van der Waals surface area contributed by atoms with Crippen LogP contribution in [0.2, 0.25) is 0 Å². The monoisotopic (exact) mass is 270 g/mol. The van der Waals surface area contributed by atoms with Crippen molar-refractivity contribution in [2.24, 2.45) is 0 Å². The highest BCUT2D eigenvalue weighted by Gasteiger charge is 2.43. The lowest BCUT2D eigenvalue weighted by atomic mass is 10.3. The highest BCUT2D eigenvalue weighted by molar-refractivity contribution is 6.76. The van der Waals surface area contributed by atoms with Gasteiger partial charge in [0.2, 0.25) is 0 Å². The maximum absolute atomic E-state index is 5.74. The molecule has 1 saturated heterocycles. The molecule has 0 amide bonds. The van der Waals surface area contributed by atoms with Crippen LogP contribution in [0.4, 0.5) is 0 Å². The first-order valence-corrected chi connectivity index (χ1v) is 7.47. The Labute approximate surface area is 108 Å². The molecule has 1 fully saturated rings. The first-order chi connectivity index (χ1) is 8.75. The zero-order valence-corrected chi connectivity index (χ0v) is 11.8. The molecule has 1 heterocycles. The van der Waals surface area contributed by atoms with E-state index in [-0.39, 0.29) is 6.10 Å². The van der Waals surface area contributed by atoms with Gasteiger partial charge in [0.25, 0.3) is 0 Å². The van der Waals surface area contributed by atoms with E-state index in [1.807, 2.05) is 24.3 Å². The zero-order valence-electron chi connectivity index (χ0n) is 10.8. The minimum atomic E-state index is -2.86. The minimum Gasteiger partial charge on any atom is -0.491 e. The molecule has 0 saturated carbocycles. The van der Waals surface area contributed by atoms with Gasteiger partial charge < -0.3 is 22.8 Å². The lowest BCUT2D eigenvalue weighted by molar-refractivity contribution is 0.139. The summed E-state index contributed by atoms with van der Waals surface area (Å²) in [6.45, 7) is 1.31. The molecule has 0 bridgehead atoms. The molecule has 1 aliphatic heterocycles. The molecule has 0 N–H and O–H groups in total. The highest BCUT2D eigenvalue weighted by Crippen LogP contribution is 2.18. The van der Waals surface area contributed by atoms with E-state index >= 15 is 0 Å². The number of hydrogen-bond acceptors (Lipinski definition) is 5. The second-order valence-corrected chi connectivity index (χ2v) is 6.81. The molecular weight excluding hydrogens is 252 g/mol. The van der Waals surface area contributed by atoms with Gasteiger partial charge in [0, 0.05) is 21.3 Å². The summed E-state index contributed by atoms with van der Waals surface area (Å²) in [5.41, 5.74) is 0. The van der Waals surface area contributed by atoms with Crippen LogP contribution in [0.25, 0.3) is 0 Å². The van der Waals surface area contributed by atoms with E-state index < -0.39 is 8.80 Å². The molecule has 0 aliphatic carbocycles. The van der Waals surface area contributed by atoms with Crippen LogP contribution < -0.4 is 9.92 Å². The molecule has 100 valence electrons. The maximum Gasteiger partial charge on any atom is 0.540 e. The van der Waals surface area contributed by atoms with Gasteiger partial charge in [-0.15, -0.1) is 0 Å². The quantitative estimate of drug-likeness (QED) is 0.535. The van der Waals surface area contributed by atoms with Gasteiger partial charge in [-0.1, -0.05) is 18.2 Å². The smallest absolute Gasteiger partial charge is 0.491 e. The van der Waals surface area contributed by atoms with E-state index in [4.69, 9.17) is 22.8 Å². The number of para-hydroxylation sites is 1. The van der Waals surface area contributed by atoms with Crippen molar-refractivity contribution < 1.29 is 22.8 Å². The van der Waals surface area contributed by atoms with Crippen molar-refractivity contribution in [3.63, 3.8) is 0 Å². The Balaban J connectivity index is 2.23. The largest absolute Gasteiger partial charge is 0.540 e. The number of epoxide rings is 1. The normalized spacial score (nSPS) is 18.7. The highest BCUT2D eigenvalue weighted by atomic mass is 28.4. The van der Waals surface area contributed by atoms with Crippen LogP contribution in [0.3, 0.4) is 0 Å². The second-order valence-electron chi connectivity index (χ2n) is 3.93. The van der Waals surface area contributed by atoms with E-state index in [1.165, 1.54) is 0 Å². The van der Waals surface area contributed by atoms with E-state index in [0.29, 0.717) is 6.61 Å². The Bertz CT molecular complexity index is 382. The van der Waals surface area contributed by atoms with E-state index in [1.54, 1.807) is 21.3 Å². The molecule has 0 radical (unpaired) electrons. The van der Waals surface area contributed by atoms with E-state index in [2.05, 4.69) is 0 Å². The fraction of sp³-hybridized carbons (Fsp3) is 0.500. The van der Waals surface area contributed by atoms with Gasteiger partial charge in [-0.05, 0) is 6.07 Å². The fourth-order valence-corrected chi connectivity index (χ4v) is 3.69. The molecule has 6 heteroatoms. The average Bonchev–Trinajstić information content (AvgIpc) is 3.24. The number of ether oxygens (including phenoxy) is 2. The Morgan fingerprint density at radius 1 is 1.17 bits per heavy atom. The third-order valence-electron chi connectivity index (χ3n) is 2.85. The Morgan fingerprint density at radius 2 is 1.78 bits per heavy atom.